The number of hydrogen-bond donors (Lipinski definition) is 3. The Labute approximate surface area is 162 Å². The number of benzene rings is 2. The molecule has 1 amide bonds. The van der Waals surface area contributed by atoms with Crippen LogP contribution in [0.4, 0.5) is 0 Å². The Bertz CT molecular complexity index is 1160. The van der Waals surface area contributed by atoms with Crippen LogP contribution in [0.5, 0.6) is 0 Å². The third-order valence-corrected chi connectivity index (χ3v) is 5.48. The molecule has 0 aliphatic heterocycles. The van der Waals surface area contributed by atoms with Crippen molar-refractivity contribution in [2.75, 3.05) is 0 Å². The van der Waals surface area contributed by atoms with E-state index in [4.69, 9.17) is 5.73 Å². The first kappa shape index (κ1) is 16.7. The van der Waals surface area contributed by atoms with Crippen LogP contribution in [-0.2, 0) is 6.42 Å². The van der Waals surface area contributed by atoms with Gasteiger partial charge in [0.1, 0.15) is 5.65 Å². The number of carbonyl (C=O) groups excluding carboxylic acids is 1. The highest BCUT2D eigenvalue weighted by molar-refractivity contribution is 5.97. The van der Waals surface area contributed by atoms with Gasteiger partial charge in [0, 0.05) is 29.4 Å². The number of pyridine rings is 1. The summed E-state index contributed by atoms with van der Waals surface area (Å²) >= 11 is 0. The Morgan fingerprint density at radius 3 is 2.75 bits per heavy atom. The molecule has 0 bridgehead atoms. The lowest BCUT2D eigenvalue weighted by Crippen LogP contribution is -2.38. The van der Waals surface area contributed by atoms with Gasteiger partial charge in [0.15, 0.2) is 0 Å². The molecular weight excluding hydrogens is 348 g/mol. The Balaban J connectivity index is 1.39. The van der Waals surface area contributed by atoms with Crippen LogP contribution >= 0.6 is 0 Å². The average Bonchev–Trinajstić information content (AvgIpc) is 3.32. The number of rotatable bonds is 3. The first-order chi connectivity index (χ1) is 13.7. The first-order valence-electron chi connectivity index (χ1n) is 9.37. The molecule has 2 atom stereocenters. The van der Waals surface area contributed by atoms with Crippen molar-refractivity contribution in [2.24, 2.45) is 5.73 Å². The summed E-state index contributed by atoms with van der Waals surface area (Å²) < 4.78 is 0. The fourth-order valence-electron chi connectivity index (χ4n) is 4.05. The molecule has 4 N–H and O–H groups in total. The summed E-state index contributed by atoms with van der Waals surface area (Å²) in [6.07, 6.45) is 4.45. The second-order valence-corrected chi connectivity index (χ2v) is 7.19. The van der Waals surface area contributed by atoms with Gasteiger partial charge < -0.3 is 16.0 Å². The molecule has 5 rings (SSSR count). The standard InChI is InChI=1S/C23H20N4O/c24-20-13-16-3-1-2-4-18(16)21(20)27-23(28)15-7-5-14(6-8-15)17-9-11-25-22-19(17)10-12-26-22/h1-12,20-21H,13,24H2,(H,25,26)(H,27,28)/t20-,21-/m1/s1. The van der Waals surface area contributed by atoms with Crippen LogP contribution in [0.25, 0.3) is 22.2 Å². The maximum Gasteiger partial charge on any atom is 0.251 e. The number of aromatic amines is 1. The van der Waals surface area contributed by atoms with E-state index >= 15 is 0 Å². The number of amides is 1. The highest BCUT2D eigenvalue weighted by atomic mass is 16.1. The normalized spacial score (nSPS) is 18.2. The maximum atomic E-state index is 12.8. The van der Waals surface area contributed by atoms with Gasteiger partial charge in [-0.2, -0.15) is 0 Å². The van der Waals surface area contributed by atoms with Gasteiger partial charge in [-0.25, -0.2) is 4.98 Å². The van der Waals surface area contributed by atoms with E-state index in [0.29, 0.717) is 5.56 Å². The monoisotopic (exact) mass is 368 g/mol. The van der Waals surface area contributed by atoms with Gasteiger partial charge in [0.2, 0.25) is 0 Å². The number of nitrogens with zero attached hydrogens (tertiary/aromatic N) is 1. The van der Waals surface area contributed by atoms with Crippen LogP contribution in [0.1, 0.15) is 27.5 Å². The summed E-state index contributed by atoms with van der Waals surface area (Å²) in [6, 6.07) is 19.5. The zero-order chi connectivity index (χ0) is 19.1. The molecule has 2 aromatic carbocycles. The molecule has 2 aromatic heterocycles. The smallest absolute Gasteiger partial charge is 0.251 e. The Kier molecular flexibility index (Phi) is 3.95. The maximum absolute atomic E-state index is 12.8. The Morgan fingerprint density at radius 1 is 1.07 bits per heavy atom. The summed E-state index contributed by atoms with van der Waals surface area (Å²) in [5.41, 5.74) is 12.2. The molecule has 0 unspecified atom stereocenters. The van der Waals surface area contributed by atoms with Crippen molar-refractivity contribution >= 4 is 16.9 Å². The molecule has 4 aromatic rings. The SMILES string of the molecule is N[C@@H]1Cc2ccccc2[C@H]1NC(=O)c1ccc(-c2ccnc3[nH]ccc23)cc1. The summed E-state index contributed by atoms with van der Waals surface area (Å²) in [5, 5.41) is 4.17. The van der Waals surface area contributed by atoms with Crippen LogP contribution in [0.3, 0.4) is 0 Å². The zero-order valence-electron chi connectivity index (χ0n) is 15.2. The zero-order valence-corrected chi connectivity index (χ0v) is 15.2. The molecule has 5 nitrogen and oxygen atoms in total. The van der Waals surface area contributed by atoms with E-state index in [9.17, 15) is 4.79 Å². The molecule has 1 aliphatic rings. The first-order valence-corrected chi connectivity index (χ1v) is 9.37. The lowest BCUT2D eigenvalue weighted by Gasteiger charge is -2.19. The van der Waals surface area contributed by atoms with Crippen molar-refractivity contribution in [3.8, 4) is 11.1 Å². The summed E-state index contributed by atoms with van der Waals surface area (Å²) in [4.78, 5) is 20.2. The van der Waals surface area contributed by atoms with E-state index < -0.39 is 0 Å². The van der Waals surface area contributed by atoms with E-state index in [2.05, 4.69) is 21.4 Å². The number of aromatic nitrogens is 2. The third kappa shape index (κ3) is 2.77. The molecular formula is C23H20N4O. The molecule has 5 heteroatoms. The van der Waals surface area contributed by atoms with Crippen LogP contribution in [0.15, 0.2) is 73.1 Å². The molecule has 0 spiro atoms. The Hall–Kier alpha value is -3.44. The van der Waals surface area contributed by atoms with Crippen molar-refractivity contribution in [1.82, 2.24) is 15.3 Å². The molecule has 138 valence electrons. The second-order valence-electron chi connectivity index (χ2n) is 7.19. The van der Waals surface area contributed by atoms with Gasteiger partial charge >= 0.3 is 0 Å². The molecule has 0 fully saturated rings. The summed E-state index contributed by atoms with van der Waals surface area (Å²) in [5.74, 6) is -0.106. The van der Waals surface area contributed by atoms with Crippen molar-refractivity contribution < 1.29 is 4.79 Å². The number of nitrogens with two attached hydrogens (primary N) is 1. The third-order valence-electron chi connectivity index (χ3n) is 5.48. The Morgan fingerprint density at radius 2 is 1.89 bits per heavy atom. The number of H-pyrrole nitrogens is 1. The van der Waals surface area contributed by atoms with Gasteiger partial charge in [-0.15, -0.1) is 0 Å². The number of fused-ring (bicyclic) bond motifs is 2. The van der Waals surface area contributed by atoms with Gasteiger partial charge in [0.05, 0.1) is 6.04 Å². The lowest BCUT2D eigenvalue weighted by atomic mass is 10.0. The molecule has 0 saturated carbocycles. The minimum absolute atomic E-state index is 0.0979. The highest BCUT2D eigenvalue weighted by Gasteiger charge is 2.30. The predicted octanol–water partition coefficient (Wildman–Crippen LogP) is 3.58. The van der Waals surface area contributed by atoms with E-state index in [0.717, 1.165) is 34.1 Å². The van der Waals surface area contributed by atoms with Crippen molar-refractivity contribution in [1.29, 1.82) is 0 Å². The van der Waals surface area contributed by atoms with Crippen molar-refractivity contribution in [3.63, 3.8) is 0 Å². The van der Waals surface area contributed by atoms with Gasteiger partial charge in [-0.1, -0.05) is 36.4 Å². The van der Waals surface area contributed by atoms with Crippen LogP contribution in [0.2, 0.25) is 0 Å². The predicted molar refractivity (Wildman–Crippen MR) is 110 cm³/mol. The minimum atomic E-state index is -0.150. The largest absolute Gasteiger partial charge is 0.346 e. The fourth-order valence-corrected chi connectivity index (χ4v) is 4.05. The minimum Gasteiger partial charge on any atom is -0.346 e. The van der Waals surface area contributed by atoms with Crippen molar-refractivity contribution in [2.45, 2.75) is 18.5 Å². The number of carbonyl (C=O) groups is 1. The molecule has 28 heavy (non-hydrogen) atoms. The average molecular weight is 368 g/mol. The quantitative estimate of drug-likeness (QED) is 0.517. The van der Waals surface area contributed by atoms with Gasteiger partial charge in [-0.05, 0) is 52.9 Å². The summed E-state index contributed by atoms with van der Waals surface area (Å²) in [7, 11) is 0. The number of nitrogens with one attached hydrogen (secondary N) is 2. The highest BCUT2D eigenvalue weighted by Crippen LogP contribution is 2.31. The van der Waals surface area contributed by atoms with Gasteiger partial charge in [-0.3, -0.25) is 4.79 Å². The van der Waals surface area contributed by atoms with Crippen LogP contribution in [0, 0.1) is 0 Å². The molecule has 0 radical (unpaired) electrons. The topological polar surface area (TPSA) is 83.8 Å². The van der Waals surface area contributed by atoms with E-state index in [1.165, 1.54) is 5.56 Å². The number of hydrogen-bond acceptors (Lipinski definition) is 3. The lowest BCUT2D eigenvalue weighted by molar-refractivity contribution is 0.0933. The molecule has 2 heterocycles. The van der Waals surface area contributed by atoms with E-state index in [1.54, 1.807) is 6.20 Å². The summed E-state index contributed by atoms with van der Waals surface area (Å²) in [6.45, 7) is 0. The van der Waals surface area contributed by atoms with Gasteiger partial charge in [0.25, 0.3) is 5.91 Å². The van der Waals surface area contributed by atoms with Crippen LogP contribution < -0.4 is 11.1 Å². The van der Waals surface area contributed by atoms with E-state index in [-0.39, 0.29) is 18.0 Å². The van der Waals surface area contributed by atoms with Crippen LogP contribution in [-0.4, -0.2) is 21.9 Å². The fraction of sp³-hybridized carbons (Fsp3) is 0.130. The molecule has 0 saturated heterocycles. The van der Waals surface area contributed by atoms with E-state index in [1.807, 2.05) is 60.8 Å². The molecule has 1 aliphatic carbocycles. The van der Waals surface area contributed by atoms with Crippen molar-refractivity contribution in [3.05, 3.63) is 89.7 Å². The second kappa shape index (κ2) is 6.62.